The molecular weight excluding hydrogens is 316 g/mol. The van der Waals surface area contributed by atoms with E-state index >= 15 is 0 Å². The molecule has 2 bridgehead atoms. The zero-order chi connectivity index (χ0) is 14.1. The van der Waals surface area contributed by atoms with Crippen LogP contribution in [0.5, 0.6) is 0 Å². The first-order valence-electron chi connectivity index (χ1n) is 7.45. The van der Waals surface area contributed by atoms with Gasteiger partial charge in [-0.2, -0.15) is 0 Å². The van der Waals surface area contributed by atoms with Gasteiger partial charge in [-0.05, 0) is 72.0 Å². The molecule has 2 aliphatic rings. The molecule has 0 saturated heterocycles. The van der Waals surface area contributed by atoms with E-state index < -0.39 is 0 Å². The molecular formula is C16H21BrN2O. The minimum Gasteiger partial charge on any atom is -0.335 e. The average molecular weight is 337 g/mol. The lowest BCUT2D eigenvalue weighted by atomic mass is 9.84. The van der Waals surface area contributed by atoms with E-state index in [-0.39, 0.29) is 12.1 Å². The molecule has 3 nitrogen and oxygen atoms in total. The van der Waals surface area contributed by atoms with Crippen LogP contribution in [0.25, 0.3) is 0 Å². The molecule has 0 unspecified atom stereocenters. The molecule has 1 aromatic rings. The average Bonchev–Trinajstić information content (AvgIpc) is 3.03. The number of anilines is 1. The summed E-state index contributed by atoms with van der Waals surface area (Å²) < 4.78 is 0.905. The predicted octanol–water partition coefficient (Wildman–Crippen LogP) is 4.40. The highest BCUT2D eigenvalue weighted by Gasteiger charge is 2.42. The van der Waals surface area contributed by atoms with Gasteiger partial charge in [0.05, 0.1) is 5.69 Å². The number of carbonyl (C=O) groups is 1. The fourth-order valence-electron chi connectivity index (χ4n) is 3.94. The Hall–Kier alpha value is -1.03. The second-order valence-corrected chi connectivity index (χ2v) is 7.06. The summed E-state index contributed by atoms with van der Waals surface area (Å²) in [5.74, 6) is 2.41. The molecule has 4 heteroatoms. The van der Waals surface area contributed by atoms with E-state index in [9.17, 15) is 4.79 Å². The number of hydrogen-bond acceptors (Lipinski definition) is 1. The van der Waals surface area contributed by atoms with Crippen LogP contribution >= 0.6 is 15.9 Å². The van der Waals surface area contributed by atoms with Gasteiger partial charge in [0.25, 0.3) is 0 Å². The van der Waals surface area contributed by atoms with Gasteiger partial charge in [-0.3, -0.25) is 0 Å². The van der Waals surface area contributed by atoms with Crippen LogP contribution in [0.4, 0.5) is 10.5 Å². The van der Waals surface area contributed by atoms with Gasteiger partial charge >= 0.3 is 6.03 Å². The Bertz CT molecular complexity index is 505. The second-order valence-electron chi connectivity index (χ2n) is 6.21. The summed E-state index contributed by atoms with van der Waals surface area (Å²) in [7, 11) is 0. The first-order valence-corrected chi connectivity index (χ1v) is 8.25. The lowest BCUT2D eigenvalue weighted by Gasteiger charge is -2.28. The Balaban J connectivity index is 1.55. The van der Waals surface area contributed by atoms with Crippen molar-refractivity contribution in [1.82, 2.24) is 5.32 Å². The van der Waals surface area contributed by atoms with Gasteiger partial charge < -0.3 is 10.6 Å². The number of hydrogen-bond donors (Lipinski definition) is 2. The highest BCUT2D eigenvalue weighted by molar-refractivity contribution is 9.10. The molecule has 0 aromatic heterocycles. The summed E-state index contributed by atoms with van der Waals surface area (Å²) in [6.45, 7) is 2.14. The number of fused-ring (bicyclic) bond motifs is 2. The van der Waals surface area contributed by atoms with Crippen LogP contribution in [0.3, 0.4) is 0 Å². The molecule has 2 amide bonds. The summed E-state index contributed by atoms with van der Waals surface area (Å²) in [5, 5.41) is 6.02. The van der Waals surface area contributed by atoms with Gasteiger partial charge in [-0.1, -0.05) is 18.6 Å². The summed E-state index contributed by atoms with van der Waals surface area (Å²) in [5.41, 5.74) is 0.810. The number of halogens is 1. The van der Waals surface area contributed by atoms with Gasteiger partial charge in [-0.25, -0.2) is 4.79 Å². The van der Waals surface area contributed by atoms with Gasteiger partial charge in [-0.15, -0.1) is 0 Å². The van der Waals surface area contributed by atoms with Crippen molar-refractivity contribution in [3.63, 3.8) is 0 Å². The molecule has 108 valence electrons. The SMILES string of the molecule is C[C@H](NC(=O)Nc1ccccc1Br)[C@@H]1C[C@H]2CC[C@H]1C2. The summed E-state index contributed by atoms with van der Waals surface area (Å²) in [6, 6.07) is 7.82. The highest BCUT2D eigenvalue weighted by atomic mass is 79.9. The first kappa shape index (κ1) is 13.9. The quantitative estimate of drug-likeness (QED) is 0.844. The number of amides is 2. The van der Waals surface area contributed by atoms with Crippen LogP contribution in [0, 0.1) is 17.8 Å². The highest BCUT2D eigenvalue weighted by Crippen LogP contribution is 2.49. The van der Waals surface area contributed by atoms with Crippen LogP contribution in [-0.2, 0) is 0 Å². The van der Waals surface area contributed by atoms with Crippen molar-refractivity contribution >= 4 is 27.6 Å². The van der Waals surface area contributed by atoms with Gasteiger partial charge in [0.2, 0.25) is 0 Å². The Labute approximate surface area is 128 Å². The number of benzene rings is 1. The molecule has 0 radical (unpaired) electrons. The molecule has 0 aliphatic heterocycles. The standard InChI is InChI=1S/C16H21BrN2O/c1-10(13-9-11-6-7-12(13)8-11)18-16(20)19-15-5-3-2-4-14(15)17/h2-5,10-13H,6-9H2,1H3,(H2,18,19,20)/t10-,11-,12-,13-/m0/s1. The fourth-order valence-corrected chi connectivity index (χ4v) is 4.33. The van der Waals surface area contributed by atoms with Crippen molar-refractivity contribution in [1.29, 1.82) is 0 Å². The number of rotatable bonds is 3. The smallest absolute Gasteiger partial charge is 0.319 e. The maximum absolute atomic E-state index is 12.1. The molecule has 0 heterocycles. The van der Waals surface area contributed by atoms with Crippen LogP contribution < -0.4 is 10.6 Å². The third-order valence-corrected chi connectivity index (χ3v) is 5.61. The number of urea groups is 1. The molecule has 4 atom stereocenters. The van der Waals surface area contributed by atoms with Crippen molar-refractivity contribution in [3.8, 4) is 0 Å². The van der Waals surface area contributed by atoms with E-state index in [1.54, 1.807) is 0 Å². The third-order valence-electron chi connectivity index (χ3n) is 4.92. The van der Waals surface area contributed by atoms with E-state index in [1.165, 1.54) is 25.7 Å². The van der Waals surface area contributed by atoms with Crippen molar-refractivity contribution in [2.45, 2.75) is 38.6 Å². The predicted molar refractivity (Wildman–Crippen MR) is 84.7 cm³/mol. The maximum atomic E-state index is 12.1. The zero-order valence-corrected chi connectivity index (χ0v) is 13.3. The van der Waals surface area contributed by atoms with Gasteiger partial charge in [0.15, 0.2) is 0 Å². The topological polar surface area (TPSA) is 41.1 Å². The second kappa shape index (κ2) is 5.76. The molecule has 1 aromatic carbocycles. The van der Waals surface area contributed by atoms with E-state index in [0.29, 0.717) is 5.92 Å². The van der Waals surface area contributed by atoms with E-state index in [4.69, 9.17) is 0 Å². The molecule has 2 saturated carbocycles. The van der Waals surface area contributed by atoms with Crippen LogP contribution in [0.2, 0.25) is 0 Å². The molecule has 2 fully saturated rings. The minimum absolute atomic E-state index is 0.104. The number of para-hydroxylation sites is 1. The van der Waals surface area contributed by atoms with Gasteiger partial charge in [0.1, 0.15) is 0 Å². The normalized spacial score (nSPS) is 29.2. The number of nitrogens with one attached hydrogen (secondary N) is 2. The third kappa shape index (κ3) is 2.85. The molecule has 3 rings (SSSR count). The minimum atomic E-state index is -0.104. The summed E-state index contributed by atoms with van der Waals surface area (Å²) in [6.07, 6.45) is 5.42. The van der Waals surface area contributed by atoms with Crippen LogP contribution in [0.1, 0.15) is 32.6 Å². The van der Waals surface area contributed by atoms with E-state index in [0.717, 1.165) is 22.0 Å². The van der Waals surface area contributed by atoms with Crippen LogP contribution in [-0.4, -0.2) is 12.1 Å². The monoisotopic (exact) mass is 336 g/mol. The molecule has 0 spiro atoms. The Morgan fingerprint density at radius 2 is 2.10 bits per heavy atom. The van der Waals surface area contributed by atoms with Crippen LogP contribution in [0.15, 0.2) is 28.7 Å². The zero-order valence-electron chi connectivity index (χ0n) is 11.7. The fraction of sp³-hybridized carbons (Fsp3) is 0.562. The summed E-state index contributed by atoms with van der Waals surface area (Å²) in [4.78, 5) is 12.1. The van der Waals surface area contributed by atoms with Crippen molar-refractivity contribution in [2.75, 3.05) is 5.32 Å². The molecule has 2 aliphatic carbocycles. The molecule has 2 N–H and O–H groups in total. The first-order chi connectivity index (χ1) is 9.63. The number of carbonyl (C=O) groups excluding carboxylic acids is 1. The maximum Gasteiger partial charge on any atom is 0.319 e. The lowest BCUT2D eigenvalue weighted by molar-refractivity contribution is 0.230. The molecule has 20 heavy (non-hydrogen) atoms. The van der Waals surface area contributed by atoms with E-state index in [2.05, 4.69) is 33.5 Å². The Kier molecular flexibility index (Phi) is 4.01. The largest absolute Gasteiger partial charge is 0.335 e. The Morgan fingerprint density at radius 3 is 2.75 bits per heavy atom. The lowest BCUT2D eigenvalue weighted by Crippen LogP contribution is -2.42. The van der Waals surface area contributed by atoms with Crippen molar-refractivity contribution < 1.29 is 4.79 Å². The van der Waals surface area contributed by atoms with Crippen molar-refractivity contribution in [3.05, 3.63) is 28.7 Å². The summed E-state index contributed by atoms with van der Waals surface area (Å²) >= 11 is 3.44. The Morgan fingerprint density at radius 1 is 1.30 bits per heavy atom. The van der Waals surface area contributed by atoms with Gasteiger partial charge in [0, 0.05) is 10.5 Å². The van der Waals surface area contributed by atoms with E-state index in [1.807, 2.05) is 24.3 Å². The van der Waals surface area contributed by atoms with Crippen molar-refractivity contribution in [2.24, 2.45) is 17.8 Å².